The van der Waals surface area contributed by atoms with Crippen LogP contribution in [0, 0.1) is 28.5 Å². The van der Waals surface area contributed by atoms with Gasteiger partial charge in [-0.3, -0.25) is 4.79 Å². The number of carbonyl (C=O) groups is 1. The molecule has 0 aliphatic carbocycles. The number of anilines is 1. The van der Waals surface area contributed by atoms with Gasteiger partial charge in [0.1, 0.15) is 11.8 Å². The number of ether oxygens (including phenoxy) is 1. The summed E-state index contributed by atoms with van der Waals surface area (Å²) in [7, 11) is -3.87. The quantitative estimate of drug-likeness (QED) is 0.543. The third kappa shape index (κ3) is 5.64. The average molecular weight is 485 g/mol. The van der Waals surface area contributed by atoms with Gasteiger partial charge in [0.15, 0.2) is 11.6 Å². The van der Waals surface area contributed by atoms with Gasteiger partial charge in [-0.25, -0.2) is 17.9 Å². The first-order valence-corrected chi connectivity index (χ1v) is 11.1. The standard InChI is InChI=1S/C22H14ClFN4O4S/c23-18-8-3-14(10-20(29)28-16-4-6-17(7-5-16)33(27,30)31)21(24)22(18)32-19-9-13(11-25)1-2-15(19)12-26/h1-9H,10H2,(H,28,29)(H2,27,30,31). The van der Waals surface area contributed by atoms with Gasteiger partial charge in [0.05, 0.1) is 33.5 Å². The lowest BCUT2D eigenvalue weighted by atomic mass is 10.1. The summed E-state index contributed by atoms with van der Waals surface area (Å²) in [5, 5.41) is 25.7. The van der Waals surface area contributed by atoms with E-state index < -0.39 is 27.5 Å². The smallest absolute Gasteiger partial charge is 0.238 e. The van der Waals surface area contributed by atoms with E-state index in [2.05, 4.69) is 5.32 Å². The number of hydrogen-bond acceptors (Lipinski definition) is 6. The van der Waals surface area contributed by atoms with Gasteiger partial charge >= 0.3 is 0 Å². The predicted molar refractivity (Wildman–Crippen MR) is 118 cm³/mol. The maximum Gasteiger partial charge on any atom is 0.238 e. The molecule has 0 aliphatic rings. The summed E-state index contributed by atoms with van der Waals surface area (Å²) in [6.45, 7) is 0. The topological polar surface area (TPSA) is 146 Å². The molecule has 0 heterocycles. The monoisotopic (exact) mass is 484 g/mol. The fourth-order valence-electron chi connectivity index (χ4n) is 2.79. The average Bonchev–Trinajstić information content (AvgIpc) is 2.78. The van der Waals surface area contributed by atoms with Crippen molar-refractivity contribution in [3.63, 3.8) is 0 Å². The van der Waals surface area contributed by atoms with E-state index in [4.69, 9.17) is 26.7 Å². The van der Waals surface area contributed by atoms with Gasteiger partial charge in [0.2, 0.25) is 15.9 Å². The highest BCUT2D eigenvalue weighted by molar-refractivity contribution is 7.89. The minimum atomic E-state index is -3.87. The molecule has 0 aromatic heterocycles. The number of sulfonamides is 1. The van der Waals surface area contributed by atoms with E-state index in [1.54, 1.807) is 0 Å². The van der Waals surface area contributed by atoms with Gasteiger partial charge in [-0.15, -0.1) is 0 Å². The summed E-state index contributed by atoms with van der Waals surface area (Å²) >= 11 is 6.07. The number of amides is 1. The van der Waals surface area contributed by atoms with Gasteiger partial charge in [0.25, 0.3) is 0 Å². The highest BCUT2D eigenvalue weighted by Crippen LogP contribution is 2.35. The van der Waals surface area contributed by atoms with E-state index in [1.165, 1.54) is 54.6 Å². The molecule has 8 nitrogen and oxygen atoms in total. The summed E-state index contributed by atoms with van der Waals surface area (Å²) < 4.78 is 43.2. The molecule has 3 aromatic rings. The number of nitriles is 2. The Balaban J connectivity index is 1.82. The Morgan fingerprint density at radius 3 is 2.39 bits per heavy atom. The van der Waals surface area contributed by atoms with Crippen LogP contribution in [-0.2, 0) is 21.2 Å². The van der Waals surface area contributed by atoms with Crippen molar-refractivity contribution in [3.8, 4) is 23.6 Å². The predicted octanol–water partition coefficient (Wildman–Crippen LogP) is 3.84. The molecule has 166 valence electrons. The Bertz CT molecular complexity index is 1430. The molecule has 1 amide bonds. The summed E-state index contributed by atoms with van der Waals surface area (Å²) in [5.74, 6) is -1.96. The van der Waals surface area contributed by atoms with Crippen molar-refractivity contribution in [2.75, 3.05) is 5.32 Å². The first kappa shape index (κ1) is 23.7. The largest absolute Gasteiger partial charge is 0.451 e. The third-order valence-electron chi connectivity index (χ3n) is 4.39. The molecule has 0 radical (unpaired) electrons. The summed E-state index contributed by atoms with van der Waals surface area (Å²) in [6, 6.07) is 15.6. The molecule has 0 saturated heterocycles. The Kier molecular flexibility index (Phi) is 6.95. The van der Waals surface area contributed by atoms with Crippen molar-refractivity contribution >= 4 is 33.2 Å². The van der Waals surface area contributed by atoms with Crippen LogP contribution in [0.2, 0.25) is 5.02 Å². The fourth-order valence-corrected chi connectivity index (χ4v) is 3.49. The molecular formula is C22H14ClFN4O4S. The maximum absolute atomic E-state index is 15.1. The number of hydrogen-bond donors (Lipinski definition) is 2. The molecule has 0 bridgehead atoms. The molecule has 33 heavy (non-hydrogen) atoms. The Hall–Kier alpha value is -3.96. The van der Waals surface area contributed by atoms with Crippen LogP contribution in [0.25, 0.3) is 0 Å². The molecule has 0 unspecified atom stereocenters. The van der Waals surface area contributed by atoms with Crippen molar-refractivity contribution in [3.05, 3.63) is 82.1 Å². The molecule has 0 aliphatic heterocycles. The van der Waals surface area contributed by atoms with Crippen LogP contribution in [-0.4, -0.2) is 14.3 Å². The zero-order valence-electron chi connectivity index (χ0n) is 16.7. The number of nitrogens with zero attached hydrogens (tertiary/aromatic N) is 2. The summed E-state index contributed by atoms with van der Waals surface area (Å²) in [6.07, 6.45) is -0.389. The number of halogens is 2. The first-order chi connectivity index (χ1) is 15.6. The van der Waals surface area contributed by atoms with Crippen LogP contribution in [0.1, 0.15) is 16.7 Å². The van der Waals surface area contributed by atoms with Gasteiger partial charge in [-0.2, -0.15) is 10.5 Å². The van der Waals surface area contributed by atoms with Gasteiger partial charge in [0, 0.05) is 11.3 Å². The van der Waals surface area contributed by atoms with E-state index in [1.807, 2.05) is 12.1 Å². The SMILES string of the molecule is N#Cc1ccc(C#N)c(Oc2c(Cl)ccc(CC(=O)Nc3ccc(S(N)(=O)=O)cc3)c2F)c1. The van der Waals surface area contributed by atoms with Crippen LogP contribution >= 0.6 is 11.6 Å². The number of primary sulfonamides is 1. The molecule has 0 saturated carbocycles. The van der Waals surface area contributed by atoms with Crippen LogP contribution in [0.5, 0.6) is 11.5 Å². The molecular weight excluding hydrogens is 471 g/mol. The number of carbonyl (C=O) groups excluding carboxylic acids is 1. The zero-order valence-corrected chi connectivity index (χ0v) is 18.2. The molecule has 3 rings (SSSR count). The summed E-state index contributed by atoms with van der Waals surface area (Å²) in [5.41, 5.74) is 0.508. The molecule has 3 N–H and O–H groups in total. The van der Waals surface area contributed by atoms with E-state index in [-0.39, 0.29) is 44.5 Å². The van der Waals surface area contributed by atoms with Crippen LogP contribution < -0.4 is 15.2 Å². The minimum absolute atomic E-state index is 0.0389. The molecule has 3 aromatic carbocycles. The second kappa shape index (κ2) is 9.67. The van der Waals surface area contributed by atoms with Gasteiger partial charge in [-0.1, -0.05) is 17.7 Å². The number of rotatable bonds is 6. The normalized spacial score (nSPS) is 10.7. The highest BCUT2D eigenvalue weighted by Gasteiger charge is 2.19. The van der Waals surface area contributed by atoms with Gasteiger partial charge < -0.3 is 10.1 Å². The first-order valence-electron chi connectivity index (χ1n) is 9.14. The van der Waals surface area contributed by atoms with Crippen molar-refractivity contribution in [1.29, 1.82) is 10.5 Å². The van der Waals surface area contributed by atoms with E-state index >= 15 is 4.39 Å². The van der Waals surface area contributed by atoms with E-state index in [0.29, 0.717) is 0 Å². The van der Waals surface area contributed by atoms with Gasteiger partial charge in [-0.05, 0) is 48.5 Å². The zero-order chi connectivity index (χ0) is 24.2. The fraction of sp³-hybridized carbons (Fsp3) is 0.0455. The van der Waals surface area contributed by atoms with Crippen LogP contribution in [0.4, 0.5) is 10.1 Å². The lowest BCUT2D eigenvalue weighted by Crippen LogP contribution is -2.16. The van der Waals surface area contributed by atoms with Crippen molar-refractivity contribution in [2.24, 2.45) is 5.14 Å². The minimum Gasteiger partial charge on any atom is -0.451 e. The van der Waals surface area contributed by atoms with Crippen LogP contribution in [0.15, 0.2) is 59.5 Å². The van der Waals surface area contributed by atoms with E-state index in [9.17, 15) is 18.5 Å². The third-order valence-corrected chi connectivity index (χ3v) is 5.62. The second-order valence-corrected chi connectivity index (χ2v) is 8.65. The Labute approximate surface area is 193 Å². The van der Waals surface area contributed by atoms with Crippen molar-refractivity contribution < 1.29 is 22.3 Å². The number of nitrogens with two attached hydrogens (primary N) is 1. The van der Waals surface area contributed by atoms with E-state index in [0.717, 1.165) is 0 Å². The Morgan fingerprint density at radius 2 is 1.79 bits per heavy atom. The molecule has 0 fully saturated rings. The lowest BCUT2D eigenvalue weighted by Gasteiger charge is -2.13. The number of benzene rings is 3. The summed E-state index contributed by atoms with van der Waals surface area (Å²) in [4.78, 5) is 12.3. The van der Waals surface area contributed by atoms with Crippen molar-refractivity contribution in [1.82, 2.24) is 0 Å². The van der Waals surface area contributed by atoms with Crippen molar-refractivity contribution in [2.45, 2.75) is 11.3 Å². The maximum atomic E-state index is 15.1. The Morgan fingerprint density at radius 1 is 1.09 bits per heavy atom. The highest BCUT2D eigenvalue weighted by atomic mass is 35.5. The molecule has 0 spiro atoms. The van der Waals surface area contributed by atoms with Crippen LogP contribution in [0.3, 0.4) is 0 Å². The molecule has 0 atom stereocenters. The lowest BCUT2D eigenvalue weighted by molar-refractivity contribution is -0.115. The molecule has 11 heteroatoms. The second-order valence-electron chi connectivity index (χ2n) is 6.68. The number of nitrogens with one attached hydrogen (secondary N) is 1.